The van der Waals surface area contributed by atoms with Crippen molar-refractivity contribution in [2.45, 2.75) is 59.2 Å². The van der Waals surface area contributed by atoms with E-state index in [1.807, 2.05) is 20.8 Å². The van der Waals surface area contributed by atoms with Crippen LogP contribution in [-0.2, 0) is 9.57 Å². The molecule has 0 aliphatic heterocycles. The van der Waals surface area contributed by atoms with E-state index in [0.717, 1.165) is 36.3 Å². The standard InChI is InChI=1S/C25H31NO2/c1-18(2)27-16-10-6-7-11-19-14-15-21-20-12-8-9-13-22(20)24(23(21)17-19)26-28-25(3,4)5/h7-9,11-15,17-18H,6,10,16H2,1-5H3/b11-7+,26-24-. The molecule has 2 aromatic carbocycles. The van der Waals surface area contributed by atoms with E-state index in [-0.39, 0.29) is 5.60 Å². The van der Waals surface area contributed by atoms with Crippen LogP contribution in [0.25, 0.3) is 17.2 Å². The van der Waals surface area contributed by atoms with Crippen LogP contribution in [0.5, 0.6) is 0 Å². The number of unbranched alkanes of at least 4 members (excludes halogenated alkanes) is 1. The molecule has 0 spiro atoms. The molecule has 0 bridgehead atoms. The maximum atomic E-state index is 5.77. The quantitative estimate of drug-likeness (QED) is 0.350. The zero-order valence-electron chi connectivity index (χ0n) is 17.7. The van der Waals surface area contributed by atoms with E-state index < -0.39 is 0 Å². The Morgan fingerprint density at radius 3 is 2.39 bits per heavy atom. The van der Waals surface area contributed by atoms with Gasteiger partial charge in [0.25, 0.3) is 0 Å². The van der Waals surface area contributed by atoms with E-state index in [0.29, 0.717) is 6.10 Å². The van der Waals surface area contributed by atoms with Gasteiger partial charge in [-0.25, -0.2) is 0 Å². The lowest BCUT2D eigenvalue weighted by molar-refractivity contribution is 0.00121. The smallest absolute Gasteiger partial charge is 0.129 e. The second-order valence-electron chi connectivity index (χ2n) is 8.46. The van der Waals surface area contributed by atoms with Gasteiger partial charge in [0, 0.05) is 17.7 Å². The minimum absolute atomic E-state index is 0.301. The van der Waals surface area contributed by atoms with Crippen molar-refractivity contribution in [1.82, 2.24) is 0 Å². The summed E-state index contributed by atoms with van der Waals surface area (Å²) in [5.41, 5.74) is 6.48. The Kier molecular flexibility index (Phi) is 6.35. The van der Waals surface area contributed by atoms with Crippen molar-refractivity contribution >= 4 is 11.8 Å². The van der Waals surface area contributed by atoms with E-state index in [9.17, 15) is 0 Å². The Morgan fingerprint density at radius 2 is 1.68 bits per heavy atom. The number of hydrogen-bond acceptors (Lipinski definition) is 3. The second-order valence-corrected chi connectivity index (χ2v) is 8.46. The molecule has 0 amide bonds. The van der Waals surface area contributed by atoms with Gasteiger partial charge in [-0.2, -0.15) is 0 Å². The third kappa shape index (κ3) is 5.11. The Hall–Kier alpha value is -2.39. The highest BCUT2D eigenvalue weighted by Crippen LogP contribution is 2.37. The summed E-state index contributed by atoms with van der Waals surface area (Å²) >= 11 is 0. The van der Waals surface area contributed by atoms with Crippen LogP contribution >= 0.6 is 0 Å². The van der Waals surface area contributed by atoms with E-state index in [1.54, 1.807) is 0 Å². The van der Waals surface area contributed by atoms with Crippen LogP contribution in [0, 0.1) is 0 Å². The van der Waals surface area contributed by atoms with Crippen LogP contribution in [-0.4, -0.2) is 24.0 Å². The van der Waals surface area contributed by atoms with Crippen LogP contribution in [0.3, 0.4) is 0 Å². The number of benzene rings is 2. The normalized spacial score (nSPS) is 14.7. The van der Waals surface area contributed by atoms with Gasteiger partial charge >= 0.3 is 0 Å². The summed E-state index contributed by atoms with van der Waals surface area (Å²) in [7, 11) is 0. The van der Waals surface area contributed by atoms with Crippen molar-refractivity contribution in [2.75, 3.05) is 6.61 Å². The molecule has 0 N–H and O–H groups in total. The van der Waals surface area contributed by atoms with Gasteiger partial charge in [-0.15, -0.1) is 0 Å². The Bertz CT molecular complexity index is 872. The molecule has 0 aromatic heterocycles. The number of hydrogen-bond donors (Lipinski definition) is 0. The lowest BCUT2D eigenvalue weighted by Crippen LogP contribution is -2.17. The fraction of sp³-hybridized carbons (Fsp3) is 0.400. The van der Waals surface area contributed by atoms with Gasteiger partial charge in [0.05, 0.1) is 6.10 Å². The largest absolute Gasteiger partial charge is 0.390 e. The van der Waals surface area contributed by atoms with Crippen molar-refractivity contribution in [1.29, 1.82) is 0 Å². The second kappa shape index (κ2) is 8.74. The van der Waals surface area contributed by atoms with Crippen molar-refractivity contribution < 1.29 is 9.57 Å². The van der Waals surface area contributed by atoms with Crippen LogP contribution in [0.4, 0.5) is 0 Å². The summed E-state index contributed by atoms with van der Waals surface area (Å²) in [4.78, 5) is 5.77. The van der Waals surface area contributed by atoms with Gasteiger partial charge < -0.3 is 9.57 Å². The van der Waals surface area contributed by atoms with Crippen molar-refractivity contribution in [3.63, 3.8) is 0 Å². The first-order valence-corrected chi connectivity index (χ1v) is 10.1. The highest BCUT2D eigenvalue weighted by molar-refractivity contribution is 6.24. The molecule has 1 aliphatic rings. The average Bonchev–Trinajstić information content (AvgIpc) is 2.95. The first kappa shape index (κ1) is 20.3. The number of allylic oxidation sites excluding steroid dienone is 1. The molecule has 3 heteroatoms. The molecule has 0 radical (unpaired) electrons. The van der Waals surface area contributed by atoms with Gasteiger partial charge in [-0.3, -0.25) is 0 Å². The first-order valence-electron chi connectivity index (χ1n) is 10.1. The summed E-state index contributed by atoms with van der Waals surface area (Å²) in [5.74, 6) is 0. The minimum Gasteiger partial charge on any atom is -0.390 e. The predicted octanol–water partition coefficient (Wildman–Crippen LogP) is 6.45. The molecule has 28 heavy (non-hydrogen) atoms. The SMILES string of the molecule is CC(C)OCCC/C=C/c1ccc2c(c1)/C(=N\OC(C)(C)C)c1ccccc1-2. The molecule has 3 rings (SSSR count). The molecular weight excluding hydrogens is 346 g/mol. The maximum Gasteiger partial charge on any atom is 0.129 e. The highest BCUT2D eigenvalue weighted by atomic mass is 16.6. The molecule has 148 valence electrons. The molecule has 0 saturated carbocycles. The van der Waals surface area contributed by atoms with Gasteiger partial charge in [-0.1, -0.05) is 53.7 Å². The van der Waals surface area contributed by atoms with Crippen LogP contribution in [0.2, 0.25) is 0 Å². The van der Waals surface area contributed by atoms with Gasteiger partial charge in [-0.05, 0) is 70.2 Å². The van der Waals surface area contributed by atoms with E-state index in [1.165, 1.54) is 16.7 Å². The highest BCUT2D eigenvalue weighted by Gasteiger charge is 2.26. The van der Waals surface area contributed by atoms with Crippen molar-refractivity contribution in [3.8, 4) is 11.1 Å². The van der Waals surface area contributed by atoms with Crippen LogP contribution in [0.15, 0.2) is 53.7 Å². The van der Waals surface area contributed by atoms with Crippen molar-refractivity contribution in [2.24, 2.45) is 5.16 Å². The summed E-state index contributed by atoms with van der Waals surface area (Å²) in [6.45, 7) is 11.0. The lowest BCUT2D eigenvalue weighted by Gasteiger charge is -2.16. The molecule has 0 fully saturated rings. The molecule has 1 aliphatic carbocycles. The number of rotatable bonds is 7. The van der Waals surface area contributed by atoms with E-state index in [4.69, 9.17) is 9.57 Å². The summed E-state index contributed by atoms with van der Waals surface area (Å²) in [6, 6.07) is 15.0. The first-order chi connectivity index (χ1) is 13.3. The van der Waals surface area contributed by atoms with Crippen molar-refractivity contribution in [3.05, 3.63) is 65.2 Å². The molecule has 0 unspecified atom stereocenters. The van der Waals surface area contributed by atoms with Gasteiger partial charge in [0.1, 0.15) is 11.3 Å². The van der Waals surface area contributed by atoms with Gasteiger partial charge in [0.2, 0.25) is 0 Å². The van der Waals surface area contributed by atoms with Crippen LogP contribution < -0.4 is 0 Å². The summed E-state index contributed by atoms with van der Waals surface area (Å²) in [5, 5.41) is 4.53. The van der Waals surface area contributed by atoms with E-state index >= 15 is 0 Å². The molecular formula is C25H31NO2. The molecule has 0 atom stereocenters. The molecule has 2 aromatic rings. The fourth-order valence-corrected chi connectivity index (χ4v) is 3.19. The Morgan fingerprint density at radius 1 is 0.964 bits per heavy atom. The summed E-state index contributed by atoms with van der Waals surface area (Å²) in [6.07, 6.45) is 6.75. The maximum absolute atomic E-state index is 5.77. The number of nitrogens with zero attached hydrogens (tertiary/aromatic N) is 1. The van der Waals surface area contributed by atoms with Crippen LogP contribution in [0.1, 0.15) is 64.2 Å². The zero-order valence-corrected chi connectivity index (χ0v) is 17.7. The predicted molar refractivity (Wildman–Crippen MR) is 118 cm³/mol. The third-order valence-corrected chi connectivity index (χ3v) is 4.46. The molecule has 0 saturated heterocycles. The monoisotopic (exact) mass is 377 g/mol. The Balaban J connectivity index is 1.80. The fourth-order valence-electron chi connectivity index (χ4n) is 3.19. The topological polar surface area (TPSA) is 30.8 Å². The Labute approximate surface area is 169 Å². The average molecular weight is 378 g/mol. The zero-order chi connectivity index (χ0) is 20.1. The van der Waals surface area contributed by atoms with Gasteiger partial charge in [0.15, 0.2) is 0 Å². The number of fused-ring (bicyclic) bond motifs is 3. The third-order valence-electron chi connectivity index (χ3n) is 4.46. The summed E-state index contributed by atoms with van der Waals surface area (Å²) < 4.78 is 5.60. The molecule has 3 nitrogen and oxygen atoms in total. The minimum atomic E-state index is -0.319. The van der Waals surface area contributed by atoms with E-state index in [2.05, 4.69) is 73.6 Å². The lowest BCUT2D eigenvalue weighted by atomic mass is 10.0. The molecule has 0 heterocycles. The number of ether oxygens (including phenoxy) is 1. The number of oxime groups is 1.